The first-order valence-electron chi connectivity index (χ1n) is 7.64. The van der Waals surface area contributed by atoms with Crippen molar-refractivity contribution in [3.8, 4) is 0 Å². The standard InChI is InChI=1S/C16H28O4/c1-3-4-5-6-12(20-2)7-8-13-14(9-10-17)16(19)11-15(13)18/h7-8,10,12-16,18-19H,3-6,9,11H2,1-2H3/t12-,13+,14+,15+,16-/m1/s1. The maximum Gasteiger partial charge on any atom is 0.120 e. The summed E-state index contributed by atoms with van der Waals surface area (Å²) in [7, 11) is 1.68. The monoisotopic (exact) mass is 284 g/mol. The maximum absolute atomic E-state index is 10.7. The molecule has 0 bridgehead atoms. The fourth-order valence-corrected chi connectivity index (χ4v) is 2.96. The predicted octanol–water partition coefficient (Wildman–Crippen LogP) is 2.08. The van der Waals surface area contributed by atoms with Crippen LogP contribution in [0.3, 0.4) is 0 Å². The molecule has 0 amide bonds. The summed E-state index contributed by atoms with van der Waals surface area (Å²) in [6, 6.07) is 0. The van der Waals surface area contributed by atoms with Gasteiger partial charge in [0.1, 0.15) is 6.29 Å². The molecule has 0 radical (unpaired) electrons. The second-order valence-electron chi connectivity index (χ2n) is 5.67. The Kier molecular flexibility index (Phi) is 8.04. The van der Waals surface area contributed by atoms with Crippen molar-refractivity contribution < 1.29 is 19.7 Å². The van der Waals surface area contributed by atoms with Crippen LogP contribution in [0.25, 0.3) is 0 Å². The number of aldehydes is 1. The van der Waals surface area contributed by atoms with Gasteiger partial charge in [0.25, 0.3) is 0 Å². The van der Waals surface area contributed by atoms with Crippen molar-refractivity contribution in [3.05, 3.63) is 12.2 Å². The fourth-order valence-electron chi connectivity index (χ4n) is 2.96. The van der Waals surface area contributed by atoms with Crippen LogP contribution >= 0.6 is 0 Å². The zero-order valence-corrected chi connectivity index (χ0v) is 12.6. The normalized spacial score (nSPS) is 31.8. The Bertz CT molecular complexity index is 303. The van der Waals surface area contributed by atoms with Crippen LogP contribution in [0.5, 0.6) is 0 Å². The minimum absolute atomic E-state index is 0.0448. The molecule has 0 aromatic rings. The lowest BCUT2D eigenvalue weighted by molar-refractivity contribution is -0.109. The molecule has 4 heteroatoms. The van der Waals surface area contributed by atoms with Gasteiger partial charge >= 0.3 is 0 Å². The third-order valence-electron chi connectivity index (χ3n) is 4.23. The van der Waals surface area contributed by atoms with E-state index in [0.29, 0.717) is 12.8 Å². The van der Waals surface area contributed by atoms with Gasteiger partial charge in [0, 0.05) is 31.8 Å². The lowest BCUT2D eigenvalue weighted by Gasteiger charge is -2.19. The molecular weight excluding hydrogens is 256 g/mol. The Morgan fingerprint density at radius 3 is 2.65 bits per heavy atom. The summed E-state index contributed by atoms with van der Waals surface area (Å²) in [6.07, 6.45) is 8.69. The number of hydrogen-bond donors (Lipinski definition) is 2. The van der Waals surface area contributed by atoms with Crippen LogP contribution < -0.4 is 0 Å². The molecule has 1 saturated carbocycles. The molecule has 1 fully saturated rings. The number of rotatable bonds is 9. The molecule has 1 rings (SSSR count). The van der Waals surface area contributed by atoms with Crippen molar-refractivity contribution >= 4 is 6.29 Å². The second kappa shape index (κ2) is 9.27. The number of methoxy groups -OCH3 is 1. The quantitative estimate of drug-likeness (QED) is 0.386. The SMILES string of the molecule is CCCCC[C@H](C=C[C@H]1[C@H](CC=O)[C@H](O)C[C@@H]1O)OC. The molecule has 5 atom stereocenters. The van der Waals surface area contributed by atoms with Crippen LogP contribution in [0.1, 0.15) is 45.4 Å². The highest BCUT2D eigenvalue weighted by atomic mass is 16.5. The summed E-state index contributed by atoms with van der Waals surface area (Å²) < 4.78 is 5.41. The number of carbonyl (C=O) groups excluding carboxylic acids is 1. The summed E-state index contributed by atoms with van der Waals surface area (Å²) in [5, 5.41) is 19.9. The summed E-state index contributed by atoms with van der Waals surface area (Å²) in [5.41, 5.74) is 0. The van der Waals surface area contributed by atoms with Crippen molar-refractivity contribution in [1.29, 1.82) is 0 Å². The Balaban J connectivity index is 2.57. The van der Waals surface area contributed by atoms with E-state index in [1.807, 2.05) is 12.2 Å². The first-order chi connectivity index (χ1) is 9.63. The van der Waals surface area contributed by atoms with Crippen LogP contribution in [0.4, 0.5) is 0 Å². The number of aliphatic hydroxyl groups excluding tert-OH is 2. The Labute approximate surface area is 121 Å². The number of hydrogen-bond acceptors (Lipinski definition) is 4. The average Bonchev–Trinajstić information content (AvgIpc) is 2.69. The molecule has 4 nitrogen and oxygen atoms in total. The van der Waals surface area contributed by atoms with Crippen molar-refractivity contribution in [3.63, 3.8) is 0 Å². The van der Waals surface area contributed by atoms with Crippen LogP contribution in [0.15, 0.2) is 12.2 Å². The van der Waals surface area contributed by atoms with Gasteiger partial charge in [-0.05, 0) is 6.42 Å². The van der Waals surface area contributed by atoms with Gasteiger partial charge < -0.3 is 19.7 Å². The zero-order chi connectivity index (χ0) is 15.0. The van der Waals surface area contributed by atoms with E-state index in [9.17, 15) is 15.0 Å². The average molecular weight is 284 g/mol. The molecular formula is C16H28O4. The van der Waals surface area contributed by atoms with Crippen molar-refractivity contribution in [1.82, 2.24) is 0 Å². The van der Waals surface area contributed by atoms with E-state index in [0.717, 1.165) is 19.1 Å². The molecule has 0 aromatic carbocycles. The molecule has 0 heterocycles. The van der Waals surface area contributed by atoms with E-state index in [2.05, 4.69) is 6.92 Å². The second-order valence-corrected chi connectivity index (χ2v) is 5.67. The molecule has 20 heavy (non-hydrogen) atoms. The molecule has 0 saturated heterocycles. The van der Waals surface area contributed by atoms with E-state index < -0.39 is 12.2 Å². The number of aliphatic hydroxyl groups is 2. The summed E-state index contributed by atoms with van der Waals surface area (Å²) in [6.45, 7) is 2.16. The molecule has 0 aliphatic heterocycles. The fraction of sp³-hybridized carbons (Fsp3) is 0.812. The van der Waals surface area contributed by atoms with Gasteiger partial charge in [-0.15, -0.1) is 0 Å². The van der Waals surface area contributed by atoms with E-state index in [-0.39, 0.29) is 17.9 Å². The Hall–Kier alpha value is -0.710. The summed E-state index contributed by atoms with van der Waals surface area (Å²) in [4.78, 5) is 10.7. The van der Waals surface area contributed by atoms with Crippen molar-refractivity contribution in [2.24, 2.45) is 11.8 Å². The van der Waals surface area contributed by atoms with Gasteiger partial charge in [0.2, 0.25) is 0 Å². The smallest absolute Gasteiger partial charge is 0.120 e. The van der Waals surface area contributed by atoms with Gasteiger partial charge in [0.05, 0.1) is 18.3 Å². The summed E-state index contributed by atoms with van der Waals surface area (Å²) >= 11 is 0. The first-order valence-corrected chi connectivity index (χ1v) is 7.64. The van der Waals surface area contributed by atoms with Crippen LogP contribution in [0.2, 0.25) is 0 Å². The minimum Gasteiger partial charge on any atom is -0.393 e. The van der Waals surface area contributed by atoms with E-state index in [1.165, 1.54) is 12.8 Å². The largest absolute Gasteiger partial charge is 0.393 e. The van der Waals surface area contributed by atoms with Gasteiger partial charge in [-0.1, -0.05) is 38.3 Å². The highest BCUT2D eigenvalue weighted by molar-refractivity contribution is 5.50. The lowest BCUT2D eigenvalue weighted by atomic mass is 9.90. The van der Waals surface area contributed by atoms with E-state index >= 15 is 0 Å². The molecule has 0 unspecified atom stereocenters. The third-order valence-corrected chi connectivity index (χ3v) is 4.23. The number of unbranched alkanes of at least 4 members (excludes halogenated alkanes) is 2. The molecule has 1 aliphatic rings. The summed E-state index contributed by atoms with van der Waals surface area (Å²) in [5.74, 6) is -0.328. The van der Waals surface area contributed by atoms with Gasteiger partial charge in [-0.3, -0.25) is 0 Å². The molecule has 2 N–H and O–H groups in total. The third kappa shape index (κ3) is 5.00. The molecule has 1 aliphatic carbocycles. The maximum atomic E-state index is 10.7. The van der Waals surface area contributed by atoms with Gasteiger partial charge in [-0.2, -0.15) is 0 Å². The van der Waals surface area contributed by atoms with Crippen LogP contribution in [0, 0.1) is 11.8 Å². The highest BCUT2D eigenvalue weighted by Crippen LogP contribution is 2.35. The number of ether oxygens (including phenoxy) is 1. The minimum atomic E-state index is -0.592. The topological polar surface area (TPSA) is 66.8 Å². The van der Waals surface area contributed by atoms with Gasteiger partial charge in [0.15, 0.2) is 0 Å². The predicted molar refractivity (Wildman–Crippen MR) is 78.4 cm³/mol. The van der Waals surface area contributed by atoms with Crippen LogP contribution in [-0.4, -0.2) is 41.9 Å². The van der Waals surface area contributed by atoms with E-state index in [4.69, 9.17) is 4.74 Å². The van der Waals surface area contributed by atoms with Crippen molar-refractivity contribution in [2.75, 3.05) is 7.11 Å². The molecule has 116 valence electrons. The highest BCUT2D eigenvalue weighted by Gasteiger charge is 2.39. The molecule has 0 spiro atoms. The van der Waals surface area contributed by atoms with Crippen molar-refractivity contribution in [2.45, 2.75) is 63.8 Å². The lowest BCUT2D eigenvalue weighted by Crippen LogP contribution is -2.21. The van der Waals surface area contributed by atoms with E-state index in [1.54, 1.807) is 7.11 Å². The van der Waals surface area contributed by atoms with Gasteiger partial charge in [-0.25, -0.2) is 0 Å². The number of carbonyl (C=O) groups is 1. The Morgan fingerprint density at radius 1 is 1.30 bits per heavy atom. The Morgan fingerprint density at radius 2 is 2.05 bits per heavy atom. The van der Waals surface area contributed by atoms with Crippen LogP contribution in [-0.2, 0) is 9.53 Å². The first kappa shape index (κ1) is 17.3. The molecule has 0 aromatic heterocycles. The zero-order valence-electron chi connectivity index (χ0n) is 12.6.